The summed E-state index contributed by atoms with van der Waals surface area (Å²) in [6.45, 7) is 5.56. The summed E-state index contributed by atoms with van der Waals surface area (Å²) in [6, 6.07) is 6.10. The summed E-state index contributed by atoms with van der Waals surface area (Å²) in [7, 11) is 0. The van der Waals surface area contributed by atoms with Crippen LogP contribution >= 0.6 is 12.4 Å². The quantitative estimate of drug-likeness (QED) is 0.784. The Morgan fingerprint density at radius 2 is 2.00 bits per heavy atom. The van der Waals surface area contributed by atoms with Gasteiger partial charge < -0.3 is 10.5 Å². The Balaban J connectivity index is 0.00000169. The summed E-state index contributed by atoms with van der Waals surface area (Å²) in [5.74, 6) is 0.980. The van der Waals surface area contributed by atoms with Gasteiger partial charge in [0.25, 0.3) is 0 Å². The average Bonchev–Trinajstić information content (AvgIpc) is 2.13. The molecule has 0 aliphatic carbocycles. The molecule has 2 nitrogen and oxygen atoms in total. The van der Waals surface area contributed by atoms with E-state index in [2.05, 4.69) is 19.9 Å². The number of hydrogen-bond acceptors (Lipinski definition) is 2. The van der Waals surface area contributed by atoms with E-state index in [4.69, 9.17) is 10.5 Å². The Hall–Kier alpha value is -0.730. The molecule has 0 aliphatic rings. The van der Waals surface area contributed by atoms with Crippen molar-refractivity contribution in [2.24, 2.45) is 5.73 Å². The SMILES string of the molecule is Cc1cccc(OCCCN)c1C.Cl. The molecule has 0 saturated heterocycles. The second-order valence-electron chi connectivity index (χ2n) is 3.19. The molecule has 2 N–H and O–H groups in total. The van der Waals surface area contributed by atoms with E-state index in [1.54, 1.807) is 0 Å². The fourth-order valence-corrected chi connectivity index (χ4v) is 1.15. The first-order chi connectivity index (χ1) is 6.25. The molecule has 1 aromatic carbocycles. The van der Waals surface area contributed by atoms with Crippen LogP contribution in [0.3, 0.4) is 0 Å². The summed E-state index contributed by atoms with van der Waals surface area (Å²) in [6.07, 6.45) is 0.910. The lowest BCUT2D eigenvalue weighted by molar-refractivity contribution is 0.311. The largest absolute Gasteiger partial charge is 0.493 e. The first kappa shape index (κ1) is 13.3. The molecule has 14 heavy (non-hydrogen) atoms. The minimum Gasteiger partial charge on any atom is -0.493 e. The van der Waals surface area contributed by atoms with Gasteiger partial charge in [0.1, 0.15) is 5.75 Å². The van der Waals surface area contributed by atoms with Crippen LogP contribution in [0.4, 0.5) is 0 Å². The normalized spacial score (nSPS) is 9.36. The van der Waals surface area contributed by atoms with Gasteiger partial charge in [-0.3, -0.25) is 0 Å². The summed E-state index contributed by atoms with van der Waals surface area (Å²) in [5, 5.41) is 0. The monoisotopic (exact) mass is 215 g/mol. The van der Waals surface area contributed by atoms with Crippen molar-refractivity contribution in [3.8, 4) is 5.75 Å². The van der Waals surface area contributed by atoms with E-state index < -0.39 is 0 Å². The van der Waals surface area contributed by atoms with Crippen LogP contribution in [0.1, 0.15) is 17.5 Å². The molecule has 0 unspecified atom stereocenters. The second-order valence-corrected chi connectivity index (χ2v) is 3.19. The standard InChI is InChI=1S/C11H17NO.ClH/c1-9-5-3-6-11(10(9)2)13-8-4-7-12;/h3,5-6H,4,7-8,12H2,1-2H3;1H. The van der Waals surface area contributed by atoms with Gasteiger partial charge in [0.05, 0.1) is 6.61 Å². The molecule has 1 rings (SSSR count). The second kappa shape index (κ2) is 6.68. The topological polar surface area (TPSA) is 35.2 Å². The van der Waals surface area contributed by atoms with Gasteiger partial charge in [-0.2, -0.15) is 0 Å². The number of halogens is 1. The molecule has 0 atom stereocenters. The van der Waals surface area contributed by atoms with E-state index >= 15 is 0 Å². The van der Waals surface area contributed by atoms with Crippen LogP contribution in [0.15, 0.2) is 18.2 Å². The number of hydrogen-bond donors (Lipinski definition) is 1. The lowest BCUT2D eigenvalue weighted by Gasteiger charge is -2.09. The zero-order valence-corrected chi connectivity index (χ0v) is 9.56. The molecule has 3 heteroatoms. The molecular weight excluding hydrogens is 198 g/mol. The maximum absolute atomic E-state index is 5.58. The van der Waals surface area contributed by atoms with E-state index in [0.717, 1.165) is 12.2 Å². The Kier molecular flexibility index (Phi) is 6.34. The molecule has 0 radical (unpaired) electrons. The van der Waals surface area contributed by atoms with E-state index in [-0.39, 0.29) is 12.4 Å². The molecule has 0 saturated carbocycles. The number of benzene rings is 1. The minimum atomic E-state index is 0. The molecular formula is C11H18ClNO. The molecule has 80 valence electrons. The van der Waals surface area contributed by atoms with Crippen LogP contribution in [-0.4, -0.2) is 13.2 Å². The Morgan fingerprint density at radius 3 is 2.64 bits per heavy atom. The van der Waals surface area contributed by atoms with Crippen molar-refractivity contribution in [3.63, 3.8) is 0 Å². The average molecular weight is 216 g/mol. The van der Waals surface area contributed by atoms with Crippen LogP contribution in [0.5, 0.6) is 5.75 Å². The van der Waals surface area contributed by atoms with E-state index in [0.29, 0.717) is 13.2 Å². The van der Waals surface area contributed by atoms with Gasteiger partial charge in [0.2, 0.25) is 0 Å². The molecule has 1 aromatic rings. The summed E-state index contributed by atoms with van der Waals surface area (Å²) >= 11 is 0. The van der Waals surface area contributed by atoms with Gasteiger partial charge in [-0.15, -0.1) is 12.4 Å². The molecule has 0 spiro atoms. The van der Waals surface area contributed by atoms with E-state index in [1.165, 1.54) is 11.1 Å². The highest BCUT2D eigenvalue weighted by Crippen LogP contribution is 2.20. The predicted molar refractivity (Wildman–Crippen MR) is 62.3 cm³/mol. The number of aryl methyl sites for hydroxylation is 1. The summed E-state index contributed by atoms with van der Waals surface area (Å²) < 4.78 is 5.58. The minimum absolute atomic E-state index is 0. The fraction of sp³-hybridized carbons (Fsp3) is 0.455. The smallest absolute Gasteiger partial charge is 0.122 e. The van der Waals surface area contributed by atoms with Crippen LogP contribution in [-0.2, 0) is 0 Å². The summed E-state index contributed by atoms with van der Waals surface area (Å²) in [5.41, 5.74) is 7.87. The third kappa shape index (κ3) is 3.56. The predicted octanol–water partition coefficient (Wildman–Crippen LogP) is 2.45. The zero-order chi connectivity index (χ0) is 9.68. The molecule has 0 aliphatic heterocycles. The van der Waals surface area contributed by atoms with Crippen LogP contribution in [0.2, 0.25) is 0 Å². The van der Waals surface area contributed by atoms with Crippen LogP contribution < -0.4 is 10.5 Å². The van der Waals surface area contributed by atoms with Gasteiger partial charge in [-0.1, -0.05) is 12.1 Å². The van der Waals surface area contributed by atoms with Gasteiger partial charge in [0.15, 0.2) is 0 Å². The Morgan fingerprint density at radius 1 is 1.29 bits per heavy atom. The van der Waals surface area contributed by atoms with E-state index in [9.17, 15) is 0 Å². The van der Waals surface area contributed by atoms with Crippen molar-refractivity contribution in [1.29, 1.82) is 0 Å². The van der Waals surface area contributed by atoms with Crippen molar-refractivity contribution in [2.75, 3.05) is 13.2 Å². The maximum atomic E-state index is 5.58. The van der Waals surface area contributed by atoms with Crippen molar-refractivity contribution < 1.29 is 4.74 Å². The van der Waals surface area contributed by atoms with Crippen LogP contribution in [0.25, 0.3) is 0 Å². The maximum Gasteiger partial charge on any atom is 0.122 e. The molecule has 0 heterocycles. The van der Waals surface area contributed by atoms with E-state index in [1.807, 2.05) is 12.1 Å². The molecule has 0 aromatic heterocycles. The fourth-order valence-electron chi connectivity index (χ4n) is 1.15. The van der Waals surface area contributed by atoms with Crippen LogP contribution in [0, 0.1) is 13.8 Å². The Bertz CT molecular complexity index is 276. The molecule has 0 bridgehead atoms. The molecule has 0 fully saturated rings. The number of rotatable bonds is 4. The lowest BCUT2D eigenvalue weighted by atomic mass is 10.1. The van der Waals surface area contributed by atoms with Gasteiger partial charge in [-0.25, -0.2) is 0 Å². The van der Waals surface area contributed by atoms with Gasteiger partial charge in [0, 0.05) is 0 Å². The van der Waals surface area contributed by atoms with Crippen molar-refractivity contribution >= 4 is 12.4 Å². The first-order valence-electron chi connectivity index (χ1n) is 4.65. The van der Waals surface area contributed by atoms with Crippen molar-refractivity contribution in [1.82, 2.24) is 0 Å². The zero-order valence-electron chi connectivity index (χ0n) is 8.75. The Labute approximate surface area is 91.9 Å². The molecule has 0 amide bonds. The highest BCUT2D eigenvalue weighted by molar-refractivity contribution is 5.85. The van der Waals surface area contributed by atoms with Crippen molar-refractivity contribution in [2.45, 2.75) is 20.3 Å². The van der Waals surface area contributed by atoms with Gasteiger partial charge >= 0.3 is 0 Å². The van der Waals surface area contributed by atoms with Gasteiger partial charge in [-0.05, 0) is 44.0 Å². The highest BCUT2D eigenvalue weighted by Gasteiger charge is 2.00. The summed E-state index contributed by atoms with van der Waals surface area (Å²) in [4.78, 5) is 0. The highest BCUT2D eigenvalue weighted by atomic mass is 35.5. The third-order valence-corrected chi connectivity index (χ3v) is 2.16. The third-order valence-electron chi connectivity index (χ3n) is 2.16. The lowest BCUT2D eigenvalue weighted by Crippen LogP contribution is -2.06. The number of ether oxygens (including phenoxy) is 1. The first-order valence-corrected chi connectivity index (χ1v) is 4.65. The number of nitrogens with two attached hydrogens (primary N) is 1. The van der Waals surface area contributed by atoms with Crippen molar-refractivity contribution in [3.05, 3.63) is 29.3 Å².